The maximum atomic E-state index is 12.6. The number of rotatable bonds is 2. The van der Waals surface area contributed by atoms with E-state index in [1.807, 2.05) is 17.9 Å². The van der Waals surface area contributed by atoms with E-state index in [1.54, 1.807) is 12.1 Å². The van der Waals surface area contributed by atoms with Crippen LogP contribution in [-0.2, 0) is 4.79 Å². The molecule has 1 aromatic carbocycles. The Morgan fingerprint density at radius 1 is 1.33 bits per heavy atom. The Morgan fingerprint density at radius 3 is 2.57 bits per heavy atom. The predicted molar refractivity (Wildman–Crippen MR) is 79.5 cm³/mol. The molecule has 1 unspecified atom stereocenters. The van der Waals surface area contributed by atoms with Crippen molar-refractivity contribution in [3.05, 3.63) is 34.3 Å². The van der Waals surface area contributed by atoms with Crippen molar-refractivity contribution in [3.8, 4) is 0 Å². The van der Waals surface area contributed by atoms with Crippen LogP contribution in [0.2, 0.25) is 5.02 Å². The van der Waals surface area contributed by atoms with E-state index in [0.29, 0.717) is 23.7 Å². The second kappa shape index (κ2) is 5.02. The number of nitrogens with zero attached hydrogens (tertiary/aromatic N) is 1. The van der Waals surface area contributed by atoms with E-state index in [-0.39, 0.29) is 17.2 Å². The predicted octanol–water partition coefficient (Wildman–Crippen LogP) is 2.98. The zero-order valence-corrected chi connectivity index (χ0v) is 12.7. The summed E-state index contributed by atoms with van der Waals surface area (Å²) in [5.74, 6) is -0.902. The number of piperidine rings is 1. The lowest BCUT2D eigenvalue weighted by Gasteiger charge is -2.33. The van der Waals surface area contributed by atoms with Crippen molar-refractivity contribution < 1.29 is 14.7 Å². The minimum absolute atomic E-state index is 0.00243. The number of likely N-dealkylation sites (tertiary alicyclic amines) is 1. The number of hydrogen-bond donors (Lipinski definition) is 1. The number of hydrogen-bond acceptors (Lipinski definition) is 2. The lowest BCUT2D eigenvalue weighted by atomic mass is 9.90. The largest absolute Gasteiger partial charge is 0.481 e. The number of amides is 1. The Kier molecular flexibility index (Phi) is 3.44. The molecular weight excluding hydrogens is 290 g/mol. The summed E-state index contributed by atoms with van der Waals surface area (Å²) < 4.78 is 0. The molecule has 112 valence electrons. The Balaban J connectivity index is 1.69. The fraction of sp³-hybridized carbons (Fsp3) is 0.500. The van der Waals surface area contributed by atoms with Crippen LogP contribution in [-0.4, -0.2) is 35.0 Å². The van der Waals surface area contributed by atoms with Crippen molar-refractivity contribution in [3.63, 3.8) is 0 Å². The van der Waals surface area contributed by atoms with Gasteiger partial charge in [-0.3, -0.25) is 9.59 Å². The molecule has 1 spiro atoms. The highest BCUT2D eigenvalue weighted by molar-refractivity contribution is 6.31. The molecule has 2 aliphatic rings. The van der Waals surface area contributed by atoms with Gasteiger partial charge in [0, 0.05) is 23.7 Å². The first kappa shape index (κ1) is 14.4. The normalized spacial score (nSPS) is 23.1. The van der Waals surface area contributed by atoms with Gasteiger partial charge in [0.15, 0.2) is 0 Å². The Hall–Kier alpha value is -1.55. The van der Waals surface area contributed by atoms with Crippen molar-refractivity contribution >= 4 is 23.5 Å². The van der Waals surface area contributed by atoms with Gasteiger partial charge in [-0.05, 0) is 49.3 Å². The third-order valence-corrected chi connectivity index (χ3v) is 5.20. The maximum Gasteiger partial charge on any atom is 0.307 e. The smallest absolute Gasteiger partial charge is 0.307 e. The van der Waals surface area contributed by atoms with Gasteiger partial charge in [0.1, 0.15) is 0 Å². The molecule has 1 aliphatic carbocycles. The molecule has 0 radical (unpaired) electrons. The minimum atomic E-state index is -0.694. The van der Waals surface area contributed by atoms with Crippen molar-refractivity contribution in [1.82, 2.24) is 4.90 Å². The number of carbonyl (C=O) groups is 2. The molecule has 1 amide bonds. The second-order valence-electron chi connectivity index (χ2n) is 6.21. The molecule has 3 rings (SSSR count). The van der Waals surface area contributed by atoms with Crippen LogP contribution >= 0.6 is 11.6 Å². The number of carboxylic acids is 1. The molecule has 1 saturated carbocycles. The molecular formula is C16H18ClNO3. The van der Waals surface area contributed by atoms with Crippen LogP contribution in [0.1, 0.15) is 35.2 Å². The molecule has 1 aliphatic heterocycles. The Bertz CT molecular complexity index is 606. The summed E-state index contributed by atoms with van der Waals surface area (Å²) in [6.07, 6.45) is 2.34. The lowest BCUT2D eigenvalue weighted by Crippen LogP contribution is -2.40. The third kappa shape index (κ3) is 2.53. The summed E-state index contributed by atoms with van der Waals surface area (Å²) in [6.45, 7) is 3.17. The van der Waals surface area contributed by atoms with E-state index in [0.717, 1.165) is 24.8 Å². The topological polar surface area (TPSA) is 57.6 Å². The minimum Gasteiger partial charge on any atom is -0.481 e. The molecule has 0 bridgehead atoms. The van der Waals surface area contributed by atoms with Crippen molar-refractivity contribution in [2.75, 3.05) is 13.1 Å². The van der Waals surface area contributed by atoms with Gasteiger partial charge in [-0.25, -0.2) is 0 Å². The maximum absolute atomic E-state index is 12.6. The summed E-state index contributed by atoms with van der Waals surface area (Å²) in [5, 5.41) is 9.66. The quantitative estimate of drug-likeness (QED) is 0.914. The zero-order valence-electron chi connectivity index (χ0n) is 11.9. The van der Waals surface area contributed by atoms with Gasteiger partial charge in [-0.1, -0.05) is 17.7 Å². The second-order valence-corrected chi connectivity index (χ2v) is 6.65. The fourth-order valence-electron chi connectivity index (χ4n) is 3.40. The highest BCUT2D eigenvalue weighted by Gasteiger charge is 2.59. The Morgan fingerprint density at radius 2 is 2.00 bits per heavy atom. The van der Waals surface area contributed by atoms with Gasteiger partial charge >= 0.3 is 5.97 Å². The van der Waals surface area contributed by atoms with Crippen LogP contribution in [0, 0.1) is 18.3 Å². The average Bonchev–Trinajstić information content (AvgIpc) is 3.16. The SMILES string of the molecule is Cc1ccc(Cl)cc1C(=O)N1CCC2(CC1)CC2C(=O)O. The van der Waals surface area contributed by atoms with E-state index in [9.17, 15) is 9.59 Å². The molecule has 4 nitrogen and oxygen atoms in total. The van der Waals surface area contributed by atoms with Gasteiger partial charge < -0.3 is 10.0 Å². The number of carboxylic acid groups (broad SMARTS) is 1. The first-order chi connectivity index (χ1) is 9.93. The molecule has 2 fully saturated rings. The Labute approximate surface area is 128 Å². The summed E-state index contributed by atoms with van der Waals surface area (Å²) in [5.41, 5.74) is 1.51. The number of carbonyl (C=O) groups excluding carboxylic acids is 1. The van der Waals surface area contributed by atoms with E-state index < -0.39 is 5.97 Å². The van der Waals surface area contributed by atoms with Gasteiger partial charge in [0.2, 0.25) is 0 Å². The summed E-state index contributed by atoms with van der Waals surface area (Å²) in [7, 11) is 0. The molecule has 1 N–H and O–H groups in total. The average molecular weight is 308 g/mol. The van der Waals surface area contributed by atoms with Crippen molar-refractivity contribution in [2.45, 2.75) is 26.2 Å². The van der Waals surface area contributed by atoms with Crippen LogP contribution in [0.4, 0.5) is 0 Å². The van der Waals surface area contributed by atoms with Crippen LogP contribution in [0.15, 0.2) is 18.2 Å². The van der Waals surface area contributed by atoms with Crippen molar-refractivity contribution in [1.29, 1.82) is 0 Å². The van der Waals surface area contributed by atoms with Gasteiger partial charge in [0.05, 0.1) is 5.92 Å². The van der Waals surface area contributed by atoms with Gasteiger partial charge in [0.25, 0.3) is 5.91 Å². The van der Waals surface area contributed by atoms with Crippen LogP contribution in [0.5, 0.6) is 0 Å². The molecule has 21 heavy (non-hydrogen) atoms. The van der Waals surface area contributed by atoms with Crippen LogP contribution in [0.25, 0.3) is 0 Å². The highest BCUT2D eigenvalue weighted by atomic mass is 35.5. The van der Waals surface area contributed by atoms with E-state index in [2.05, 4.69) is 0 Å². The first-order valence-electron chi connectivity index (χ1n) is 7.21. The van der Waals surface area contributed by atoms with Crippen LogP contribution in [0.3, 0.4) is 0 Å². The molecule has 1 saturated heterocycles. The number of aliphatic carboxylic acids is 1. The summed E-state index contributed by atoms with van der Waals surface area (Å²) >= 11 is 5.97. The zero-order chi connectivity index (χ0) is 15.2. The highest BCUT2D eigenvalue weighted by Crippen LogP contribution is 2.59. The number of halogens is 1. The molecule has 1 aromatic rings. The van der Waals surface area contributed by atoms with E-state index in [1.165, 1.54) is 0 Å². The first-order valence-corrected chi connectivity index (χ1v) is 7.59. The summed E-state index contributed by atoms with van der Waals surface area (Å²) in [6, 6.07) is 5.34. The third-order valence-electron chi connectivity index (χ3n) is 4.96. The molecule has 0 aromatic heterocycles. The van der Waals surface area contributed by atoms with Crippen LogP contribution < -0.4 is 0 Å². The summed E-state index contributed by atoms with van der Waals surface area (Å²) in [4.78, 5) is 25.4. The van der Waals surface area contributed by atoms with E-state index in [4.69, 9.17) is 16.7 Å². The molecule has 1 atom stereocenters. The lowest BCUT2D eigenvalue weighted by molar-refractivity contribution is -0.139. The molecule has 5 heteroatoms. The standard InChI is InChI=1S/C16H18ClNO3/c1-10-2-3-11(17)8-12(10)14(19)18-6-4-16(5-7-18)9-13(16)15(20)21/h2-3,8,13H,4-7,9H2,1H3,(H,20,21). The number of benzene rings is 1. The van der Waals surface area contributed by atoms with Gasteiger partial charge in [-0.2, -0.15) is 0 Å². The van der Waals surface area contributed by atoms with Crippen molar-refractivity contribution in [2.24, 2.45) is 11.3 Å². The molecule has 1 heterocycles. The number of aryl methyl sites for hydroxylation is 1. The van der Waals surface area contributed by atoms with Gasteiger partial charge in [-0.15, -0.1) is 0 Å². The monoisotopic (exact) mass is 307 g/mol. The fourth-order valence-corrected chi connectivity index (χ4v) is 3.57. The van der Waals surface area contributed by atoms with E-state index >= 15 is 0 Å².